The van der Waals surface area contributed by atoms with Gasteiger partial charge in [0.25, 0.3) is 10.0 Å². The van der Waals surface area contributed by atoms with Gasteiger partial charge in [0, 0.05) is 23.3 Å². The van der Waals surface area contributed by atoms with Gasteiger partial charge >= 0.3 is 0 Å². The average Bonchev–Trinajstić information content (AvgIpc) is 3.53. The Morgan fingerprint density at radius 1 is 1.05 bits per heavy atom. The SMILES string of the molecule is Cc1c(CO)cc(F)cc1S(=O)(=O)Nc1ccc(F)c(-c2ccc3c(-c4ncc[nH]4)n[nH]c3c2F)c1F. The molecule has 0 spiro atoms. The van der Waals surface area contributed by atoms with E-state index in [0.717, 1.165) is 24.3 Å². The number of halogens is 4. The van der Waals surface area contributed by atoms with Crippen LogP contribution in [0.25, 0.3) is 33.5 Å². The molecule has 0 aliphatic rings. The first-order chi connectivity index (χ1) is 17.6. The number of sulfonamides is 1. The molecule has 5 aromatic rings. The second kappa shape index (κ2) is 9.01. The third-order valence-corrected chi connectivity index (χ3v) is 7.39. The molecular weight excluding hydrogens is 514 g/mol. The van der Waals surface area contributed by atoms with Crippen LogP contribution in [0.2, 0.25) is 0 Å². The van der Waals surface area contributed by atoms with E-state index in [1.165, 1.54) is 19.2 Å². The number of benzene rings is 3. The van der Waals surface area contributed by atoms with Crippen molar-refractivity contribution in [2.24, 2.45) is 0 Å². The molecule has 3 aromatic carbocycles. The van der Waals surface area contributed by atoms with Crippen LogP contribution in [0.5, 0.6) is 0 Å². The van der Waals surface area contributed by atoms with Crippen LogP contribution in [0.3, 0.4) is 0 Å². The molecule has 190 valence electrons. The Hall–Kier alpha value is -4.23. The minimum absolute atomic E-state index is 0.0180. The summed E-state index contributed by atoms with van der Waals surface area (Å²) >= 11 is 0. The van der Waals surface area contributed by atoms with Gasteiger partial charge in [-0.25, -0.2) is 31.0 Å². The second-order valence-corrected chi connectivity index (χ2v) is 9.75. The molecule has 2 aromatic heterocycles. The molecule has 37 heavy (non-hydrogen) atoms. The van der Waals surface area contributed by atoms with Crippen LogP contribution >= 0.6 is 0 Å². The Morgan fingerprint density at radius 3 is 2.54 bits per heavy atom. The quantitative estimate of drug-likeness (QED) is 0.235. The van der Waals surface area contributed by atoms with Gasteiger partial charge in [0.1, 0.15) is 22.8 Å². The van der Waals surface area contributed by atoms with E-state index in [1.807, 2.05) is 4.72 Å². The van der Waals surface area contributed by atoms with E-state index in [1.54, 1.807) is 6.20 Å². The summed E-state index contributed by atoms with van der Waals surface area (Å²) < 4.78 is 87.6. The predicted molar refractivity (Wildman–Crippen MR) is 127 cm³/mol. The predicted octanol–water partition coefficient (Wildman–Crippen LogP) is 4.78. The van der Waals surface area contributed by atoms with Crippen molar-refractivity contribution in [1.82, 2.24) is 20.2 Å². The van der Waals surface area contributed by atoms with Crippen molar-refractivity contribution < 1.29 is 31.1 Å². The number of imidazole rings is 1. The van der Waals surface area contributed by atoms with E-state index in [-0.39, 0.29) is 16.6 Å². The van der Waals surface area contributed by atoms with Crippen LogP contribution in [0.1, 0.15) is 11.1 Å². The van der Waals surface area contributed by atoms with Gasteiger partial charge in [-0.05, 0) is 48.4 Å². The van der Waals surface area contributed by atoms with Gasteiger partial charge in [0.2, 0.25) is 0 Å². The summed E-state index contributed by atoms with van der Waals surface area (Å²) in [5.41, 5.74) is -1.78. The molecule has 0 aliphatic carbocycles. The van der Waals surface area contributed by atoms with Crippen molar-refractivity contribution in [3.8, 4) is 22.6 Å². The first kappa shape index (κ1) is 24.5. The van der Waals surface area contributed by atoms with Crippen LogP contribution in [-0.4, -0.2) is 33.7 Å². The number of aliphatic hydroxyl groups is 1. The fourth-order valence-corrected chi connectivity index (χ4v) is 5.41. The Morgan fingerprint density at radius 2 is 1.84 bits per heavy atom. The first-order valence-corrected chi connectivity index (χ1v) is 12.2. The molecule has 0 unspecified atom stereocenters. The topological polar surface area (TPSA) is 124 Å². The summed E-state index contributed by atoms with van der Waals surface area (Å²) in [6, 6.07) is 5.83. The minimum atomic E-state index is -4.58. The third-order valence-electron chi connectivity index (χ3n) is 5.90. The fourth-order valence-electron chi connectivity index (χ4n) is 4.05. The molecule has 0 atom stereocenters. The number of H-pyrrole nitrogens is 2. The molecule has 0 amide bonds. The summed E-state index contributed by atoms with van der Waals surface area (Å²) in [4.78, 5) is 6.35. The zero-order chi connectivity index (χ0) is 26.5. The molecule has 8 nitrogen and oxygen atoms in total. The van der Waals surface area contributed by atoms with Gasteiger partial charge in [-0.1, -0.05) is 6.07 Å². The highest BCUT2D eigenvalue weighted by atomic mass is 32.2. The summed E-state index contributed by atoms with van der Waals surface area (Å²) in [6.45, 7) is 0.718. The van der Waals surface area contributed by atoms with Crippen LogP contribution in [-0.2, 0) is 16.6 Å². The van der Waals surface area contributed by atoms with E-state index in [2.05, 4.69) is 20.2 Å². The number of fused-ring (bicyclic) bond motifs is 1. The number of rotatable bonds is 6. The highest BCUT2D eigenvalue weighted by Gasteiger charge is 2.26. The highest BCUT2D eigenvalue weighted by Crippen LogP contribution is 2.37. The fraction of sp³-hybridized carbons (Fsp3) is 0.0833. The Balaban J connectivity index is 1.60. The van der Waals surface area contributed by atoms with Crippen molar-refractivity contribution in [3.63, 3.8) is 0 Å². The van der Waals surface area contributed by atoms with Crippen LogP contribution in [0.15, 0.2) is 53.7 Å². The van der Waals surface area contributed by atoms with Crippen molar-refractivity contribution >= 4 is 26.6 Å². The van der Waals surface area contributed by atoms with Gasteiger partial charge in [-0.2, -0.15) is 5.10 Å². The maximum atomic E-state index is 15.5. The van der Waals surface area contributed by atoms with Crippen LogP contribution in [0.4, 0.5) is 23.2 Å². The largest absolute Gasteiger partial charge is 0.392 e. The van der Waals surface area contributed by atoms with Crippen molar-refractivity contribution in [2.75, 3.05) is 4.72 Å². The molecule has 0 saturated heterocycles. The maximum absolute atomic E-state index is 15.5. The van der Waals surface area contributed by atoms with Gasteiger partial charge in [-0.3, -0.25) is 9.82 Å². The van der Waals surface area contributed by atoms with Crippen molar-refractivity contribution in [1.29, 1.82) is 0 Å². The van der Waals surface area contributed by atoms with E-state index in [9.17, 15) is 22.3 Å². The lowest BCUT2D eigenvalue weighted by molar-refractivity contribution is 0.280. The van der Waals surface area contributed by atoms with Crippen LogP contribution in [0, 0.1) is 30.2 Å². The Kier molecular flexibility index (Phi) is 5.96. The third kappa shape index (κ3) is 4.11. The van der Waals surface area contributed by atoms with E-state index >= 15 is 8.78 Å². The second-order valence-electron chi connectivity index (χ2n) is 8.10. The number of nitrogens with zero attached hydrogens (tertiary/aromatic N) is 2. The monoisotopic (exact) mass is 531 g/mol. The number of aromatic amines is 2. The summed E-state index contributed by atoms with van der Waals surface area (Å²) in [5, 5.41) is 16.2. The van der Waals surface area contributed by atoms with Crippen molar-refractivity contribution in [2.45, 2.75) is 18.4 Å². The molecule has 0 bridgehead atoms. The van der Waals surface area contributed by atoms with E-state index < -0.39 is 61.6 Å². The molecule has 13 heteroatoms. The zero-order valence-electron chi connectivity index (χ0n) is 18.9. The van der Waals surface area contributed by atoms with Gasteiger partial charge in [0.05, 0.1) is 22.8 Å². The lowest BCUT2D eigenvalue weighted by atomic mass is 10.0. The van der Waals surface area contributed by atoms with Crippen LogP contribution < -0.4 is 4.72 Å². The number of anilines is 1. The standard InChI is InChI=1S/C24H17F4N5O3S/c1-11-12(10-34)8-13(25)9-18(11)37(35,36)33-17-5-4-16(26)19(21(17)28)14-2-3-15-22(20(14)27)31-32-23(15)24-29-6-7-30-24/h2-9,33-34H,10H2,1H3,(H,29,30)(H,31,32). The molecular formula is C24H17F4N5O3S. The summed E-state index contributed by atoms with van der Waals surface area (Å²) in [5.74, 6) is -4.13. The summed E-state index contributed by atoms with van der Waals surface area (Å²) in [7, 11) is -4.58. The molecule has 0 radical (unpaired) electrons. The summed E-state index contributed by atoms with van der Waals surface area (Å²) in [6.07, 6.45) is 3.03. The Bertz CT molecular complexity index is 1770. The smallest absolute Gasteiger partial charge is 0.262 e. The van der Waals surface area contributed by atoms with Gasteiger partial charge < -0.3 is 10.1 Å². The lowest BCUT2D eigenvalue weighted by Crippen LogP contribution is -2.17. The molecule has 2 heterocycles. The molecule has 0 fully saturated rings. The number of hydrogen-bond acceptors (Lipinski definition) is 5. The first-order valence-electron chi connectivity index (χ1n) is 10.7. The Labute approximate surface area is 207 Å². The van der Waals surface area contributed by atoms with Crippen molar-refractivity contribution in [3.05, 3.63) is 83.2 Å². The van der Waals surface area contributed by atoms with Gasteiger partial charge in [0.15, 0.2) is 17.5 Å². The van der Waals surface area contributed by atoms with E-state index in [0.29, 0.717) is 23.0 Å². The number of hydrogen-bond donors (Lipinski definition) is 4. The number of aliphatic hydroxyl groups excluding tert-OH is 1. The number of nitrogens with one attached hydrogen (secondary N) is 3. The lowest BCUT2D eigenvalue weighted by Gasteiger charge is -2.15. The average molecular weight is 531 g/mol. The molecule has 0 saturated carbocycles. The molecule has 4 N–H and O–H groups in total. The molecule has 0 aliphatic heterocycles. The molecule has 5 rings (SSSR count). The van der Waals surface area contributed by atoms with E-state index in [4.69, 9.17) is 0 Å². The normalized spacial score (nSPS) is 11.8. The maximum Gasteiger partial charge on any atom is 0.262 e. The number of aromatic nitrogens is 4. The van der Waals surface area contributed by atoms with Gasteiger partial charge in [-0.15, -0.1) is 0 Å². The highest BCUT2D eigenvalue weighted by molar-refractivity contribution is 7.92. The minimum Gasteiger partial charge on any atom is -0.392 e. The zero-order valence-corrected chi connectivity index (χ0v) is 19.7.